The molecule has 7 nitrogen and oxygen atoms in total. The van der Waals surface area contributed by atoms with E-state index in [9.17, 15) is 4.79 Å². The minimum absolute atomic E-state index is 0.0617. The number of aromatic nitrogens is 3. The average molecular weight is 372 g/mol. The molecule has 1 atom stereocenters. The van der Waals surface area contributed by atoms with Gasteiger partial charge in [0.25, 0.3) is 0 Å². The van der Waals surface area contributed by atoms with Crippen LogP contribution in [0.25, 0.3) is 11.6 Å². The van der Waals surface area contributed by atoms with E-state index in [-0.39, 0.29) is 11.2 Å². The molecular formula is C18H20N4O3S. The normalized spacial score (nSPS) is 12.0. The number of benzene rings is 1. The van der Waals surface area contributed by atoms with Crippen LogP contribution in [0.15, 0.2) is 52.2 Å². The van der Waals surface area contributed by atoms with E-state index in [0.29, 0.717) is 23.3 Å². The fourth-order valence-electron chi connectivity index (χ4n) is 2.33. The summed E-state index contributed by atoms with van der Waals surface area (Å²) in [5.74, 6) is 2.00. The highest BCUT2D eigenvalue weighted by Gasteiger charge is 2.20. The lowest BCUT2D eigenvalue weighted by atomic mass is 10.2. The second-order valence-corrected chi connectivity index (χ2v) is 6.98. The second kappa shape index (κ2) is 8.09. The maximum absolute atomic E-state index is 12.4. The Hall–Kier alpha value is -2.74. The fraction of sp³-hybridized carbons (Fsp3) is 0.278. The van der Waals surface area contributed by atoms with E-state index in [2.05, 4.69) is 15.5 Å². The zero-order valence-electron chi connectivity index (χ0n) is 14.8. The molecule has 0 radical (unpaired) electrons. The van der Waals surface area contributed by atoms with Gasteiger partial charge < -0.3 is 19.0 Å². The van der Waals surface area contributed by atoms with Crippen LogP contribution < -0.4 is 10.1 Å². The van der Waals surface area contributed by atoms with Crippen molar-refractivity contribution < 1.29 is 13.9 Å². The molecule has 0 spiro atoms. The molecule has 0 aliphatic heterocycles. The van der Waals surface area contributed by atoms with Gasteiger partial charge in [0.05, 0.1) is 18.6 Å². The Morgan fingerprint density at radius 1 is 1.31 bits per heavy atom. The first-order valence-electron chi connectivity index (χ1n) is 8.09. The quantitative estimate of drug-likeness (QED) is 0.642. The second-order valence-electron chi connectivity index (χ2n) is 5.67. The van der Waals surface area contributed by atoms with Gasteiger partial charge in [-0.15, -0.1) is 10.2 Å². The molecule has 0 fully saturated rings. The van der Waals surface area contributed by atoms with Gasteiger partial charge in [-0.3, -0.25) is 4.79 Å². The molecule has 0 aliphatic rings. The van der Waals surface area contributed by atoms with E-state index in [1.807, 2.05) is 48.9 Å². The van der Waals surface area contributed by atoms with Crippen LogP contribution in [0.1, 0.15) is 12.5 Å². The zero-order chi connectivity index (χ0) is 18.5. The molecule has 0 unspecified atom stereocenters. The topological polar surface area (TPSA) is 82.2 Å². The number of thioether (sulfide) groups is 1. The third-order valence-electron chi connectivity index (χ3n) is 3.85. The van der Waals surface area contributed by atoms with Crippen molar-refractivity contribution in [2.75, 3.05) is 7.11 Å². The Labute approximate surface area is 155 Å². The Kier molecular flexibility index (Phi) is 5.62. The van der Waals surface area contributed by atoms with Crippen molar-refractivity contribution in [1.29, 1.82) is 0 Å². The minimum atomic E-state index is -0.305. The van der Waals surface area contributed by atoms with Gasteiger partial charge in [-0.25, -0.2) is 0 Å². The Morgan fingerprint density at radius 2 is 2.08 bits per heavy atom. The number of hydrogen-bond acceptors (Lipinski definition) is 6. The highest BCUT2D eigenvalue weighted by Crippen LogP contribution is 2.25. The van der Waals surface area contributed by atoms with Gasteiger partial charge in [-0.2, -0.15) is 0 Å². The van der Waals surface area contributed by atoms with Gasteiger partial charge in [0.1, 0.15) is 5.75 Å². The monoisotopic (exact) mass is 372 g/mol. The lowest BCUT2D eigenvalue weighted by Gasteiger charge is -2.12. The minimum Gasteiger partial charge on any atom is -0.497 e. The van der Waals surface area contributed by atoms with E-state index in [1.165, 1.54) is 11.8 Å². The van der Waals surface area contributed by atoms with Gasteiger partial charge in [0.15, 0.2) is 16.7 Å². The number of carbonyl (C=O) groups excluding carboxylic acids is 1. The van der Waals surface area contributed by atoms with Crippen LogP contribution in [0, 0.1) is 0 Å². The predicted molar refractivity (Wildman–Crippen MR) is 98.9 cm³/mol. The summed E-state index contributed by atoms with van der Waals surface area (Å²) in [5.41, 5.74) is 1.01. The van der Waals surface area contributed by atoms with Crippen molar-refractivity contribution in [2.24, 2.45) is 7.05 Å². The van der Waals surface area contributed by atoms with Crippen LogP contribution in [-0.4, -0.2) is 33.0 Å². The summed E-state index contributed by atoms with van der Waals surface area (Å²) < 4.78 is 12.3. The molecule has 2 heterocycles. The van der Waals surface area contributed by atoms with Crippen molar-refractivity contribution in [3.05, 3.63) is 48.2 Å². The van der Waals surface area contributed by atoms with Crippen molar-refractivity contribution in [1.82, 2.24) is 20.1 Å². The summed E-state index contributed by atoms with van der Waals surface area (Å²) in [6.07, 6.45) is 1.59. The molecule has 1 aromatic carbocycles. The fourth-order valence-corrected chi connectivity index (χ4v) is 3.16. The molecule has 136 valence electrons. The van der Waals surface area contributed by atoms with E-state index in [1.54, 1.807) is 19.4 Å². The van der Waals surface area contributed by atoms with Crippen molar-refractivity contribution in [3.63, 3.8) is 0 Å². The first kappa shape index (κ1) is 18.1. The third-order valence-corrected chi connectivity index (χ3v) is 4.99. The van der Waals surface area contributed by atoms with Crippen LogP contribution in [0.2, 0.25) is 0 Å². The molecule has 2 aromatic heterocycles. The van der Waals surface area contributed by atoms with Gasteiger partial charge in [0, 0.05) is 13.6 Å². The first-order chi connectivity index (χ1) is 12.6. The number of ether oxygens (including phenoxy) is 1. The van der Waals surface area contributed by atoms with Crippen molar-refractivity contribution in [2.45, 2.75) is 23.9 Å². The molecular weight excluding hydrogens is 352 g/mol. The molecule has 1 amide bonds. The third kappa shape index (κ3) is 4.08. The summed E-state index contributed by atoms with van der Waals surface area (Å²) in [4.78, 5) is 12.4. The lowest BCUT2D eigenvalue weighted by Crippen LogP contribution is -2.30. The maximum atomic E-state index is 12.4. The number of nitrogens with one attached hydrogen (secondary N) is 1. The summed E-state index contributed by atoms with van der Waals surface area (Å²) in [5, 5.41) is 11.6. The van der Waals surface area contributed by atoms with Crippen LogP contribution in [0.5, 0.6) is 5.75 Å². The predicted octanol–water partition coefficient (Wildman–Crippen LogP) is 2.88. The largest absolute Gasteiger partial charge is 0.497 e. The van der Waals surface area contributed by atoms with E-state index < -0.39 is 0 Å². The Bertz CT molecular complexity index is 859. The number of amides is 1. The molecule has 8 heteroatoms. The number of methoxy groups -OCH3 is 1. The smallest absolute Gasteiger partial charge is 0.233 e. The van der Waals surface area contributed by atoms with Crippen molar-refractivity contribution in [3.8, 4) is 17.3 Å². The average Bonchev–Trinajstić information content (AvgIpc) is 3.30. The van der Waals surface area contributed by atoms with E-state index in [0.717, 1.165) is 11.3 Å². The molecule has 0 bridgehead atoms. The summed E-state index contributed by atoms with van der Waals surface area (Å²) >= 11 is 1.35. The van der Waals surface area contributed by atoms with Crippen LogP contribution in [-0.2, 0) is 18.4 Å². The zero-order valence-corrected chi connectivity index (χ0v) is 15.6. The standard InChI is InChI=1S/C18H20N4O3S/c1-12(17(23)19-11-13-6-8-14(24-3)9-7-13)26-18-21-20-16(22(18)2)15-5-4-10-25-15/h4-10,12H,11H2,1-3H3,(H,19,23)/t12-/m1/s1. The van der Waals surface area contributed by atoms with Crippen molar-refractivity contribution >= 4 is 17.7 Å². The molecule has 0 saturated carbocycles. The van der Waals surface area contributed by atoms with Gasteiger partial charge in [-0.05, 0) is 36.8 Å². The highest BCUT2D eigenvalue weighted by molar-refractivity contribution is 8.00. The maximum Gasteiger partial charge on any atom is 0.233 e. The van der Waals surface area contributed by atoms with Gasteiger partial charge >= 0.3 is 0 Å². The number of furan rings is 1. The Balaban J connectivity index is 1.57. The molecule has 3 rings (SSSR count). The summed E-state index contributed by atoms with van der Waals surface area (Å²) in [6.45, 7) is 2.31. The molecule has 3 aromatic rings. The van der Waals surface area contributed by atoms with Crippen LogP contribution in [0.4, 0.5) is 0 Å². The van der Waals surface area contributed by atoms with E-state index >= 15 is 0 Å². The van der Waals surface area contributed by atoms with Gasteiger partial charge in [-0.1, -0.05) is 23.9 Å². The van der Waals surface area contributed by atoms with Crippen LogP contribution >= 0.6 is 11.8 Å². The highest BCUT2D eigenvalue weighted by atomic mass is 32.2. The summed E-state index contributed by atoms with van der Waals surface area (Å²) in [6, 6.07) is 11.2. The first-order valence-corrected chi connectivity index (χ1v) is 8.97. The number of rotatable bonds is 7. The molecule has 0 saturated heterocycles. The van der Waals surface area contributed by atoms with E-state index in [4.69, 9.17) is 9.15 Å². The number of hydrogen-bond donors (Lipinski definition) is 1. The van der Waals surface area contributed by atoms with Crippen LogP contribution in [0.3, 0.4) is 0 Å². The Morgan fingerprint density at radius 3 is 2.73 bits per heavy atom. The lowest BCUT2D eigenvalue weighted by molar-refractivity contribution is -0.120. The molecule has 1 N–H and O–H groups in total. The number of carbonyl (C=O) groups is 1. The molecule has 0 aliphatic carbocycles. The SMILES string of the molecule is COc1ccc(CNC(=O)[C@@H](C)Sc2nnc(-c3ccco3)n2C)cc1. The summed E-state index contributed by atoms with van der Waals surface area (Å²) in [7, 11) is 3.47. The number of nitrogens with zero attached hydrogens (tertiary/aromatic N) is 3. The van der Waals surface area contributed by atoms with Gasteiger partial charge in [0.2, 0.25) is 5.91 Å². The molecule has 26 heavy (non-hydrogen) atoms.